The normalized spacial score (nSPS) is 23.1. The van der Waals surface area contributed by atoms with Crippen LogP contribution in [0.2, 0.25) is 0 Å². The molecule has 1 aromatic carbocycles. The SMILES string of the molecule is O=C(c1cccnc1)N1CCC(N[C@@H]2CCC[C@H]2OCc2ccccc2)CC1. The van der Waals surface area contributed by atoms with Gasteiger partial charge in [0, 0.05) is 37.6 Å². The van der Waals surface area contributed by atoms with Gasteiger partial charge in [-0.25, -0.2) is 0 Å². The number of ether oxygens (including phenoxy) is 1. The van der Waals surface area contributed by atoms with Crippen molar-refractivity contribution < 1.29 is 9.53 Å². The average Bonchev–Trinajstić information content (AvgIpc) is 3.20. The first-order valence-electron chi connectivity index (χ1n) is 10.4. The number of carbonyl (C=O) groups is 1. The van der Waals surface area contributed by atoms with E-state index in [2.05, 4.69) is 34.6 Å². The Kier molecular flexibility index (Phi) is 6.34. The first-order chi connectivity index (χ1) is 13.8. The molecule has 1 saturated carbocycles. The van der Waals surface area contributed by atoms with Gasteiger partial charge in [-0.15, -0.1) is 0 Å². The van der Waals surface area contributed by atoms with Crippen LogP contribution in [0.1, 0.15) is 48.0 Å². The Hall–Kier alpha value is -2.24. The predicted octanol–water partition coefficient (Wildman–Crippen LogP) is 3.41. The number of amides is 1. The summed E-state index contributed by atoms with van der Waals surface area (Å²) in [5.74, 6) is 0.0940. The maximum atomic E-state index is 12.6. The van der Waals surface area contributed by atoms with Gasteiger partial charge in [-0.2, -0.15) is 0 Å². The number of nitrogens with one attached hydrogen (secondary N) is 1. The van der Waals surface area contributed by atoms with E-state index in [1.165, 1.54) is 18.4 Å². The van der Waals surface area contributed by atoms with Crippen molar-refractivity contribution >= 4 is 5.91 Å². The highest BCUT2D eigenvalue weighted by Gasteiger charge is 2.31. The third-order valence-corrected chi connectivity index (χ3v) is 5.90. The molecule has 148 valence electrons. The third kappa shape index (κ3) is 4.78. The van der Waals surface area contributed by atoms with Crippen molar-refractivity contribution in [1.82, 2.24) is 15.2 Å². The largest absolute Gasteiger partial charge is 0.372 e. The van der Waals surface area contributed by atoms with Gasteiger partial charge in [0.05, 0.1) is 18.3 Å². The molecule has 1 aliphatic heterocycles. The van der Waals surface area contributed by atoms with Crippen molar-refractivity contribution in [3.63, 3.8) is 0 Å². The molecule has 0 spiro atoms. The van der Waals surface area contributed by atoms with Crippen LogP contribution in [0.4, 0.5) is 0 Å². The summed E-state index contributed by atoms with van der Waals surface area (Å²) in [5, 5.41) is 3.83. The zero-order valence-corrected chi connectivity index (χ0v) is 16.3. The van der Waals surface area contributed by atoms with Crippen LogP contribution < -0.4 is 5.32 Å². The lowest BCUT2D eigenvalue weighted by atomic mass is 10.0. The number of piperidine rings is 1. The fraction of sp³-hybridized carbons (Fsp3) is 0.478. The van der Waals surface area contributed by atoms with E-state index in [1.807, 2.05) is 23.1 Å². The van der Waals surface area contributed by atoms with Crippen molar-refractivity contribution in [2.24, 2.45) is 0 Å². The second kappa shape index (κ2) is 9.30. The molecule has 2 heterocycles. The fourth-order valence-electron chi connectivity index (χ4n) is 4.32. The van der Waals surface area contributed by atoms with Gasteiger partial charge in [0.1, 0.15) is 0 Å². The van der Waals surface area contributed by atoms with Gasteiger partial charge >= 0.3 is 0 Å². The second-order valence-corrected chi connectivity index (χ2v) is 7.85. The molecule has 2 aliphatic rings. The lowest BCUT2D eigenvalue weighted by molar-refractivity contribution is 0.0228. The van der Waals surface area contributed by atoms with Gasteiger partial charge in [-0.05, 0) is 49.8 Å². The van der Waals surface area contributed by atoms with Crippen molar-refractivity contribution in [1.29, 1.82) is 0 Å². The molecule has 0 radical (unpaired) electrons. The molecule has 1 aromatic heterocycles. The summed E-state index contributed by atoms with van der Waals surface area (Å²) < 4.78 is 6.23. The highest BCUT2D eigenvalue weighted by atomic mass is 16.5. The molecule has 5 heteroatoms. The van der Waals surface area contributed by atoms with Crippen LogP contribution in [-0.2, 0) is 11.3 Å². The quantitative estimate of drug-likeness (QED) is 0.836. The van der Waals surface area contributed by atoms with Crippen molar-refractivity contribution in [3.05, 3.63) is 66.0 Å². The third-order valence-electron chi connectivity index (χ3n) is 5.90. The first kappa shape index (κ1) is 19.1. The van der Waals surface area contributed by atoms with Crippen LogP contribution >= 0.6 is 0 Å². The molecular weight excluding hydrogens is 350 g/mol. The number of hydrogen-bond donors (Lipinski definition) is 1. The van der Waals surface area contributed by atoms with E-state index in [0.717, 1.165) is 32.4 Å². The molecule has 28 heavy (non-hydrogen) atoms. The van der Waals surface area contributed by atoms with Crippen LogP contribution in [-0.4, -0.2) is 47.1 Å². The molecule has 1 amide bonds. The number of benzene rings is 1. The van der Waals surface area contributed by atoms with Gasteiger partial charge in [-0.1, -0.05) is 30.3 Å². The van der Waals surface area contributed by atoms with Gasteiger partial charge < -0.3 is 15.0 Å². The van der Waals surface area contributed by atoms with Gasteiger partial charge in [0.2, 0.25) is 0 Å². The Bertz CT molecular complexity index is 745. The van der Waals surface area contributed by atoms with E-state index in [9.17, 15) is 4.79 Å². The summed E-state index contributed by atoms with van der Waals surface area (Å²) in [6.07, 6.45) is 9.15. The summed E-state index contributed by atoms with van der Waals surface area (Å²) in [6, 6.07) is 14.9. The molecule has 0 bridgehead atoms. The van der Waals surface area contributed by atoms with E-state index < -0.39 is 0 Å². The predicted molar refractivity (Wildman–Crippen MR) is 109 cm³/mol. The zero-order valence-electron chi connectivity index (χ0n) is 16.3. The minimum atomic E-state index is 0.0940. The van der Waals surface area contributed by atoms with Gasteiger partial charge in [0.15, 0.2) is 0 Å². The first-order valence-corrected chi connectivity index (χ1v) is 10.4. The van der Waals surface area contributed by atoms with Crippen LogP contribution in [0.3, 0.4) is 0 Å². The monoisotopic (exact) mass is 379 g/mol. The molecular formula is C23H29N3O2. The minimum Gasteiger partial charge on any atom is -0.372 e. The fourth-order valence-corrected chi connectivity index (χ4v) is 4.32. The van der Waals surface area contributed by atoms with Gasteiger partial charge in [0.25, 0.3) is 5.91 Å². The number of carbonyl (C=O) groups excluding carboxylic acids is 1. The Morgan fingerprint density at radius 1 is 1.07 bits per heavy atom. The molecule has 2 fully saturated rings. The molecule has 1 saturated heterocycles. The number of hydrogen-bond acceptors (Lipinski definition) is 4. The maximum absolute atomic E-state index is 12.6. The van der Waals surface area contributed by atoms with Crippen LogP contribution in [0.25, 0.3) is 0 Å². The number of rotatable bonds is 6. The van der Waals surface area contributed by atoms with Crippen LogP contribution in [0, 0.1) is 0 Å². The Morgan fingerprint density at radius 3 is 2.64 bits per heavy atom. The smallest absolute Gasteiger partial charge is 0.255 e. The highest BCUT2D eigenvalue weighted by molar-refractivity contribution is 5.93. The molecule has 5 nitrogen and oxygen atoms in total. The lowest BCUT2D eigenvalue weighted by Gasteiger charge is -2.35. The zero-order chi connectivity index (χ0) is 19.2. The Balaban J connectivity index is 1.24. The average molecular weight is 380 g/mol. The van der Waals surface area contributed by atoms with Crippen molar-refractivity contribution in [2.75, 3.05) is 13.1 Å². The lowest BCUT2D eigenvalue weighted by Crippen LogP contribution is -2.49. The molecule has 1 N–H and O–H groups in total. The van der Waals surface area contributed by atoms with Gasteiger partial charge in [-0.3, -0.25) is 9.78 Å². The number of nitrogens with zero attached hydrogens (tertiary/aromatic N) is 2. The summed E-state index contributed by atoms with van der Waals surface area (Å²) in [7, 11) is 0. The van der Waals surface area contributed by atoms with E-state index >= 15 is 0 Å². The van der Waals surface area contributed by atoms with Crippen LogP contribution in [0.15, 0.2) is 54.9 Å². The van der Waals surface area contributed by atoms with E-state index in [1.54, 1.807) is 12.4 Å². The number of likely N-dealkylation sites (tertiary alicyclic amines) is 1. The second-order valence-electron chi connectivity index (χ2n) is 7.85. The topological polar surface area (TPSA) is 54.5 Å². The minimum absolute atomic E-state index is 0.0940. The summed E-state index contributed by atoms with van der Waals surface area (Å²) in [6.45, 7) is 2.28. The summed E-state index contributed by atoms with van der Waals surface area (Å²) >= 11 is 0. The Labute approximate surface area is 167 Å². The van der Waals surface area contributed by atoms with Crippen molar-refractivity contribution in [3.8, 4) is 0 Å². The summed E-state index contributed by atoms with van der Waals surface area (Å²) in [5.41, 5.74) is 1.91. The maximum Gasteiger partial charge on any atom is 0.255 e. The molecule has 2 atom stereocenters. The molecule has 2 aromatic rings. The highest BCUT2D eigenvalue weighted by Crippen LogP contribution is 2.25. The summed E-state index contributed by atoms with van der Waals surface area (Å²) in [4.78, 5) is 18.6. The van der Waals surface area contributed by atoms with E-state index in [4.69, 9.17) is 4.74 Å². The molecule has 0 unspecified atom stereocenters. The standard InChI is InChI=1S/C23H29N3O2/c27-23(19-8-5-13-24-16-19)26-14-11-20(12-15-26)25-21-9-4-10-22(21)28-17-18-6-2-1-3-7-18/h1-3,5-8,13,16,20-22,25H,4,9-12,14-15,17H2/t21-,22-/m1/s1. The number of pyridine rings is 1. The van der Waals surface area contributed by atoms with E-state index in [-0.39, 0.29) is 12.0 Å². The van der Waals surface area contributed by atoms with Crippen LogP contribution in [0.5, 0.6) is 0 Å². The molecule has 4 rings (SSSR count). The number of aromatic nitrogens is 1. The Morgan fingerprint density at radius 2 is 1.89 bits per heavy atom. The molecule has 1 aliphatic carbocycles. The van der Waals surface area contributed by atoms with Crippen molar-refractivity contribution in [2.45, 2.75) is 56.9 Å². The van der Waals surface area contributed by atoms with E-state index in [0.29, 0.717) is 24.3 Å².